The zero-order valence-corrected chi connectivity index (χ0v) is 18.3. The Labute approximate surface area is 164 Å². The minimum absolute atomic E-state index is 0.166. The highest BCUT2D eigenvalue weighted by Crippen LogP contribution is 2.47. The van der Waals surface area contributed by atoms with Gasteiger partial charge in [0.05, 0.1) is 13.7 Å². The van der Waals surface area contributed by atoms with Crippen molar-refractivity contribution in [1.29, 1.82) is 0 Å². The highest BCUT2D eigenvalue weighted by Gasteiger charge is 2.66. The Balaban J connectivity index is 3.62. The molecule has 160 valence electrons. The number of methoxy groups -OCH3 is 1. The van der Waals surface area contributed by atoms with E-state index in [2.05, 4.69) is 0 Å². The Morgan fingerprint density at radius 1 is 1.14 bits per heavy atom. The minimum atomic E-state index is -5.03. The summed E-state index contributed by atoms with van der Waals surface area (Å²) in [6, 6.07) is 4.01. The van der Waals surface area contributed by atoms with Crippen molar-refractivity contribution in [2.24, 2.45) is 0 Å². The molecule has 0 spiro atoms. The first-order valence-electron chi connectivity index (χ1n) is 8.88. The van der Waals surface area contributed by atoms with Gasteiger partial charge in [0.15, 0.2) is 19.9 Å². The number of carbonyl (C=O) groups excluding carboxylic acids is 1. The first-order chi connectivity index (χ1) is 12.6. The number of carbonyl (C=O) groups is 1. The van der Waals surface area contributed by atoms with Crippen LogP contribution in [0.4, 0.5) is 17.6 Å². The summed E-state index contributed by atoms with van der Waals surface area (Å²) < 4.78 is 72.3. The van der Waals surface area contributed by atoms with Gasteiger partial charge in [0.1, 0.15) is 0 Å². The van der Waals surface area contributed by atoms with Gasteiger partial charge in [-0.2, -0.15) is 13.2 Å². The molecule has 1 atom stereocenters. The molecule has 1 unspecified atom stereocenters. The summed E-state index contributed by atoms with van der Waals surface area (Å²) in [5.74, 6) is -2.36. The van der Waals surface area contributed by atoms with Crippen LogP contribution >= 0.6 is 0 Å². The van der Waals surface area contributed by atoms with E-state index in [-0.39, 0.29) is 17.9 Å². The number of halogens is 4. The molecule has 1 rings (SSSR count). The molecule has 0 N–H and O–H groups in total. The lowest BCUT2D eigenvalue weighted by Gasteiger charge is -2.42. The maximum absolute atomic E-state index is 14.3. The molecule has 0 amide bonds. The van der Waals surface area contributed by atoms with Crippen molar-refractivity contribution < 1.29 is 36.3 Å². The van der Waals surface area contributed by atoms with Gasteiger partial charge in [0.2, 0.25) is 0 Å². The molecule has 0 radical (unpaired) electrons. The lowest BCUT2D eigenvalue weighted by molar-refractivity contribution is -0.261. The van der Waals surface area contributed by atoms with Crippen LogP contribution in [0.5, 0.6) is 5.75 Å². The van der Waals surface area contributed by atoms with E-state index in [1.165, 1.54) is 40.0 Å². The van der Waals surface area contributed by atoms with Crippen LogP contribution in [0.2, 0.25) is 19.6 Å². The molecule has 0 aliphatic carbocycles. The molecule has 4 nitrogen and oxygen atoms in total. The summed E-state index contributed by atoms with van der Waals surface area (Å²) in [7, 11) is -1.62. The zero-order valence-electron chi connectivity index (χ0n) is 17.3. The van der Waals surface area contributed by atoms with Gasteiger partial charge >= 0.3 is 12.1 Å². The van der Waals surface area contributed by atoms with Crippen molar-refractivity contribution >= 4 is 14.3 Å². The van der Waals surface area contributed by atoms with E-state index in [1.54, 1.807) is 19.6 Å². The number of benzene rings is 1. The van der Waals surface area contributed by atoms with Crippen LogP contribution in [0, 0.1) is 5.82 Å². The summed E-state index contributed by atoms with van der Waals surface area (Å²) in [6.45, 7) is 8.84. The maximum atomic E-state index is 14.3. The highest BCUT2D eigenvalue weighted by molar-refractivity contribution is 6.70. The Morgan fingerprint density at radius 2 is 1.71 bits per heavy atom. The Bertz CT molecular complexity index is 698. The van der Waals surface area contributed by atoms with Gasteiger partial charge in [0.25, 0.3) is 5.60 Å². The lowest BCUT2D eigenvalue weighted by atomic mass is 9.74. The van der Waals surface area contributed by atoms with E-state index >= 15 is 0 Å². The quantitative estimate of drug-likeness (QED) is 0.326. The Hall–Kier alpha value is -1.61. The summed E-state index contributed by atoms with van der Waals surface area (Å²) in [5.41, 5.74) is -4.30. The molecule has 0 aromatic heterocycles. The predicted octanol–water partition coefficient (Wildman–Crippen LogP) is 5.22. The molecule has 0 bridgehead atoms. The summed E-state index contributed by atoms with van der Waals surface area (Å²) in [4.78, 5) is 12.6. The second kappa shape index (κ2) is 8.40. The molecular formula is C19H28F4O4Si. The van der Waals surface area contributed by atoms with Crippen LogP contribution in [0.25, 0.3) is 0 Å². The van der Waals surface area contributed by atoms with E-state index in [0.29, 0.717) is 0 Å². The van der Waals surface area contributed by atoms with Gasteiger partial charge in [-0.3, -0.25) is 0 Å². The molecule has 0 saturated carbocycles. The van der Waals surface area contributed by atoms with Crippen molar-refractivity contribution in [2.45, 2.75) is 64.0 Å². The number of hydrogen-bond donors (Lipinski definition) is 0. The second-order valence-corrected chi connectivity index (χ2v) is 12.6. The first-order valence-corrected chi connectivity index (χ1v) is 12.3. The van der Waals surface area contributed by atoms with Gasteiger partial charge in [0, 0.05) is 12.0 Å². The average molecular weight is 425 g/mol. The molecule has 0 aliphatic rings. The van der Waals surface area contributed by atoms with Gasteiger partial charge in [-0.25, -0.2) is 9.18 Å². The largest absolute Gasteiger partial charge is 0.493 e. The zero-order chi connectivity index (χ0) is 22.0. The topological polar surface area (TPSA) is 44.8 Å². The van der Waals surface area contributed by atoms with Gasteiger partial charge in [-0.05, 0) is 38.0 Å². The summed E-state index contributed by atoms with van der Waals surface area (Å²) in [6.07, 6.45) is -5.82. The third-order valence-electron chi connectivity index (χ3n) is 4.13. The molecule has 0 saturated heterocycles. The van der Waals surface area contributed by atoms with Crippen molar-refractivity contribution in [1.82, 2.24) is 0 Å². The Morgan fingerprint density at radius 3 is 2.14 bits per heavy atom. The number of ether oxygens (including phenoxy) is 2. The van der Waals surface area contributed by atoms with Crippen LogP contribution in [-0.2, 0) is 19.4 Å². The summed E-state index contributed by atoms with van der Waals surface area (Å²) in [5, 5.41) is 0. The van der Waals surface area contributed by atoms with Gasteiger partial charge in [-0.1, -0.05) is 26.0 Å². The fourth-order valence-corrected chi connectivity index (χ4v) is 4.48. The molecule has 28 heavy (non-hydrogen) atoms. The van der Waals surface area contributed by atoms with Crippen molar-refractivity contribution in [3.63, 3.8) is 0 Å². The van der Waals surface area contributed by atoms with Crippen LogP contribution in [-0.4, -0.2) is 39.8 Å². The molecule has 0 heterocycles. The molecule has 0 fully saturated rings. The minimum Gasteiger partial charge on any atom is -0.493 e. The highest BCUT2D eigenvalue weighted by atomic mass is 28.4. The smallest absolute Gasteiger partial charge is 0.427 e. The number of esters is 1. The number of hydrogen-bond acceptors (Lipinski definition) is 4. The maximum Gasteiger partial charge on any atom is 0.427 e. The fourth-order valence-electron chi connectivity index (χ4n) is 3.16. The Kier molecular flexibility index (Phi) is 7.33. The van der Waals surface area contributed by atoms with Crippen molar-refractivity contribution in [2.75, 3.05) is 13.7 Å². The van der Waals surface area contributed by atoms with Gasteiger partial charge < -0.3 is 13.9 Å². The van der Waals surface area contributed by atoms with E-state index in [9.17, 15) is 22.4 Å². The normalized spacial score (nSPS) is 15.1. The fraction of sp³-hybridized carbons (Fsp3) is 0.632. The van der Waals surface area contributed by atoms with Crippen LogP contribution < -0.4 is 4.74 Å². The van der Waals surface area contributed by atoms with E-state index in [4.69, 9.17) is 13.9 Å². The number of para-hydroxylation sites is 1. The molecule has 9 heteroatoms. The third-order valence-corrected chi connectivity index (χ3v) is 5.10. The molecule has 1 aromatic rings. The molecule has 1 aromatic carbocycles. The number of alkyl halides is 3. The van der Waals surface area contributed by atoms with E-state index < -0.39 is 43.7 Å². The monoisotopic (exact) mass is 424 g/mol. The standard InChI is InChI=1S/C19H28F4O4Si/c1-8-26-16(24)18(19(21,22)23,27-28(5,6)7)12-17(2,3)13-10-9-11-14(20)15(13)25-4/h9-11H,8,12H2,1-7H3. The second-order valence-electron chi connectivity index (χ2n) is 8.14. The van der Waals surface area contributed by atoms with Crippen LogP contribution in [0.3, 0.4) is 0 Å². The SMILES string of the molecule is CCOC(=O)C(CC(C)(C)c1cccc(F)c1OC)(O[Si](C)(C)C)C(F)(F)F. The van der Waals surface area contributed by atoms with Crippen LogP contribution in [0.1, 0.15) is 32.8 Å². The summed E-state index contributed by atoms with van der Waals surface area (Å²) >= 11 is 0. The molecular weight excluding hydrogens is 396 g/mol. The van der Waals surface area contributed by atoms with Crippen molar-refractivity contribution in [3.05, 3.63) is 29.6 Å². The van der Waals surface area contributed by atoms with E-state index in [0.717, 1.165) is 6.07 Å². The lowest BCUT2D eigenvalue weighted by Crippen LogP contribution is -2.61. The average Bonchev–Trinajstić information content (AvgIpc) is 2.51. The van der Waals surface area contributed by atoms with Crippen molar-refractivity contribution in [3.8, 4) is 5.75 Å². The molecule has 0 aliphatic heterocycles. The van der Waals surface area contributed by atoms with E-state index in [1.807, 2.05) is 0 Å². The third kappa shape index (κ3) is 5.25. The van der Waals surface area contributed by atoms with Gasteiger partial charge in [-0.15, -0.1) is 0 Å². The first kappa shape index (κ1) is 24.4. The predicted molar refractivity (Wildman–Crippen MR) is 100 cm³/mol. The number of rotatable bonds is 8. The van der Waals surface area contributed by atoms with Crippen LogP contribution in [0.15, 0.2) is 18.2 Å².